The number of carbonyl (C=O) groups excluding carboxylic acids is 2. The number of amides is 1. The van der Waals surface area contributed by atoms with Gasteiger partial charge in [-0.2, -0.15) is 0 Å². The van der Waals surface area contributed by atoms with Crippen LogP contribution in [0.15, 0.2) is 54.6 Å². The number of primary amides is 1. The molecule has 4 heteroatoms. The van der Waals surface area contributed by atoms with Gasteiger partial charge in [0.2, 0.25) is 5.91 Å². The van der Waals surface area contributed by atoms with Crippen molar-refractivity contribution in [3.05, 3.63) is 60.2 Å². The predicted molar refractivity (Wildman–Crippen MR) is 91.3 cm³/mol. The maximum absolute atomic E-state index is 11.4. The highest BCUT2D eigenvalue weighted by atomic mass is 32.2. The summed E-state index contributed by atoms with van der Waals surface area (Å²) in [5, 5.41) is 0.0106. The summed E-state index contributed by atoms with van der Waals surface area (Å²) in [6, 6.07) is 18.2. The van der Waals surface area contributed by atoms with Crippen LogP contribution >= 0.6 is 11.8 Å². The van der Waals surface area contributed by atoms with Crippen LogP contribution in [-0.4, -0.2) is 11.0 Å². The number of thioether (sulfide) groups is 1. The molecule has 0 radical (unpaired) electrons. The third-order valence-corrected chi connectivity index (χ3v) is 4.48. The highest BCUT2D eigenvalue weighted by molar-refractivity contribution is 8.13. The summed E-state index contributed by atoms with van der Waals surface area (Å²) >= 11 is 1.25. The average Bonchev–Trinajstić information content (AvgIpc) is 2.52. The number of hydrogen-bond donors (Lipinski definition) is 1. The molecular formula is C18H19NO2S. The number of carbonyl (C=O) groups is 2. The van der Waals surface area contributed by atoms with E-state index in [9.17, 15) is 9.59 Å². The molecule has 0 aliphatic heterocycles. The normalized spacial score (nSPS) is 11.9. The molecule has 1 unspecified atom stereocenters. The zero-order valence-electron chi connectivity index (χ0n) is 12.5. The second-order valence-corrected chi connectivity index (χ2v) is 6.47. The fraction of sp³-hybridized carbons (Fsp3) is 0.222. The largest absolute Gasteiger partial charge is 0.370 e. The molecule has 0 aliphatic rings. The van der Waals surface area contributed by atoms with Gasteiger partial charge >= 0.3 is 0 Å². The fourth-order valence-corrected chi connectivity index (χ4v) is 3.22. The lowest BCUT2D eigenvalue weighted by molar-refractivity contribution is -0.118. The van der Waals surface area contributed by atoms with Crippen molar-refractivity contribution >= 4 is 22.8 Å². The molecule has 3 nitrogen and oxygen atoms in total. The van der Waals surface area contributed by atoms with E-state index in [0.29, 0.717) is 6.42 Å². The lowest BCUT2D eigenvalue weighted by atomic mass is 10.0. The quantitative estimate of drug-likeness (QED) is 0.878. The number of hydrogen-bond acceptors (Lipinski definition) is 3. The van der Waals surface area contributed by atoms with Crippen molar-refractivity contribution in [1.29, 1.82) is 0 Å². The number of rotatable bonds is 6. The topological polar surface area (TPSA) is 60.2 Å². The predicted octanol–water partition coefficient (Wildman–Crippen LogP) is 3.94. The Hall–Kier alpha value is -2.07. The van der Waals surface area contributed by atoms with E-state index >= 15 is 0 Å². The van der Waals surface area contributed by atoms with Gasteiger partial charge in [-0.05, 0) is 23.1 Å². The van der Waals surface area contributed by atoms with Gasteiger partial charge in [0.25, 0.3) is 0 Å². The van der Waals surface area contributed by atoms with Crippen molar-refractivity contribution in [2.75, 3.05) is 0 Å². The zero-order valence-corrected chi connectivity index (χ0v) is 13.3. The van der Waals surface area contributed by atoms with Crippen LogP contribution < -0.4 is 5.73 Å². The van der Waals surface area contributed by atoms with E-state index in [-0.39, 0.29) is 22.7 Å². The lowest BCUT2D eigenvalue weighted by Crippen LogP contribution is -2.11. The molecule has 0 spiro atoms. The third kappa shape index (κ3) is 4.74. The first-order valence-electron chi connectivity index (χ1n) is 7.17. The van der Waals surface area contributed by atoms with Crippen LogP contribution in [0.25, 0.3) is 11.1 Å². The Labute approximate surface area is 134 Å². The molecule has 22 heavy (non-hydrogen) atoms. The minimum atomic E-state index is -0.338. The standard InChI is InChI=1S/C18H19NO2S/c1-13(20)22-17(11-12-18(19)21)16-9-7-15(8-10-16)14-5-3-2-4-6-14/h2-10,17H,11-12H2,1H3,(H2,19,21). The van der Waals surface area contributed by atoms with Gasteiger partial charge in [-0.15, -0.1) is 0 Å². The monoisotopic (exact) mass is 313 g/mol. The average molecular weight is 313 g/mol. The Morgan fingerprint density at radius 1 is 1.00 bits per heavy atom. The van der Waals surface area contributed by atoms with E-state index in [2.05, 4.69) is 12.1 Å². The molecule has 0 saturated heterocycles. The van der Waals surface area contributed by atoms with E-state index in [1.807, 2.05) is 42.5 Å². The van der Waals surface area contributed by atoms with Gasteiger partial charge in [-0.1, -0.05) is 66.4 Å². The highest BCUT2D eigenvalue weighted by Crippen LogP contribution is 2.34. The SMILES string of the molecule is CC(=O)SC(CCC(N)=O)c1ccc(-c2ccccc2)cc1. The van der Waals surface area contributed by atoms with Crippen molar-refractivity contribution in [3.8, 4) is 11.1 Å². The van der Waals surface area contributed by atoms with E-state index in [1.165, 1.54) is 11.8 Å². The van der Waals surface area contributed by atoms with E-state index in [4.69, 9.17) is 5.73 Å². The molecule has 0 bridgehead atoms. The Morgan fingerprint density at radius 3 is 2.14 bits per heavy atom. The summed E-state index contributed by atoms with van der Waals surface area (Å²) in [4.78, 5) is 22.4. The maximum atomic E-state index is 11.4. The fourth-order valence-electron chi connectivity index (χ4n) is 2.29. The van der Waals surface area contributed by atoms with Gasteiger partial charge in [0.1, 0.15) is 0 Å². The lowest BCUT2D eigenvalue weighted by Gasteiger charge is -2.15. The summed E-state index contributed by atoms with van der Waals surface area (Å²) in [6.07, 6.45) is 0.857. The van der Waals surface area contributed by atoms with Crippen LogP contribution in [0.2, 0.25) is 0 Å². The van der Waals surface area contributed by atoms with Gasteiger partial charge in [-0.25, -0.2) is 0 Å². The first-order valence-corrected chi connectivity index (χ1v) is 8.05. The van der Waals surface area contributed by atoms with Crippen LogP contribution in [0.4, 0.5) is 0 Å². The van der Waals surface area contributed by atoms with Crippen LogP contribution in [0.5, 0.6) is 0 Å². The second-order valence-electron chi connectivity index (χ2n) is 5.09. The van der Waals surface area contributed by atoms with Crippen molar-refractivity contribution in [2.24, 2.45) is 5.73 Å². The second kappa shape index (κ2) is 7.80. The summed E-state index contributed by atoms with van der Waals surface area (Å²) in [7, 11) is 0. The molecule has 1 atom stereocenters. The molecule has 2 N–H and O–H groups in total. The molecule has 0 aromatic heterocycles. The molecule has 0 heterocycles. The van der Waals surface area contributed by atoms with Gasteiger partial charge in [-0.3, -0.25) is 9.59 Å². The van der Waals surface area contributed by atoms with Crippen molar-refractivity contribution in [2.45, 2.75) is 25.0 Å². The summed E-state index contributed by atoms with van der Waals surface area (Å²) in [5.41, 5.74) is 8.54. The smallest absolute Gasteiger partial charge is 0.217 e. The minimum Gasteiger partial charge on any atom is -0.370 e. The Bertz CT molecular complexity index is 638. The van der Waals surface area contributed by atoms with E-state index < -0.39 is 0 Å². The van der Waals surface area contributed by atoms with Gasteiger partial charge in [0.05, 0.1) is 0 Å². The number of nitrogens with two attached hydrogens (primary N) is 1. The molecule has 114 valence electrons. The number of benzene rings is 2. The Balaban J connectivity index is 2.17. The van der Waals surface area contributed by atoms with Crippen molar-refractivity contribution in [1.82, 2.24) is 0 Å². The molecule has 1 amide bonds. The Morgan fingerprint density at radius 2 is 1.59 bits per heavy atom. The molecule has 2 aromatic rings. The highest BCUT2D eigenvalue weighted by Gasteiger charge is 2.16. The van der Waals surface area contributed by atoms with Gasteiger partial charge in [0, 0.05) is 18.6 Å². The van der Waals surface area contributed by atoms with Crippen molar-refractivity contribution < 1.29 is 9.59 Å². The Kier molecular flexibility index (Phi) is 5.78. The van der Waals surface area contributed by atoms with E-state index in [0.717, 1.165) is 16.7 Å². The first kappa shape index (κ1) is 16.3. The van der Waals surface area contributed by atoms with Crippen LogP contribution in [-0.2, 0) is 9.59 Å². The molecule has 0 fully saturated rings. The van der Waals surface area contributed by atoms with Crippen LogP contribution in [0.1, 0.15) is 30.6 Å². The summed E-state index contributed by atoms with van der Waals surface area (Å²) < 4.78 is 0. The van der Waals surface area contributed by atoms with Gasteiger partial charge in [0.15, 0.2) is 5.12 Å². The molecular weight excluding hydrogens is 294 g/mol. The minimum absolute atomic E-state index is 0.0326. The van der Waals surface area contributed by atoms with Crippen LogP contribution in [0.3, 0.4) is 0 Å². The van der Waals surface area contributed by atoms with Gasteiger partial charge < -0.3 is 5.73 Å². The van der Waals surface area contributed by atoms with E-state index in [1.54, 1.807) is 6.92 Å². The summed E-state index contributed by atoms with van der Waals surface area (Å²) in [5.74, 6) is -0.338. The zero-order chi connectivity index (χ0) is 15.9. The molecule has 0 saturated carbocycles. The van der Waals surface area contributed by atoms with Crippen LogP contribution in [0, 0.1) is 0 Å². The molecule has 2 aromatic carbocycles. The summed E-state index contributed by atoms with van der Waals surface area (Å²) in [6.45, 7) is 1.54. The molecule has 0 aliphatic carbocycles. The maximum Gasteiger partial charge on any atom is 0.217 e. The third-order valence-electron chi connectivity index (χ3n) is 3.35. The first-order chi connectivity index (χ1) is 10.6. The molecule has 2 rings (SSSR count). The van der Waals surface area contributed by atoms with Crippen molar-refractivity contribution in [3.63, 3.8) is 0 Å².